The lowest BCUT2D eigenvalue weighted by Gasteiger charge is -2.31. The minimum Gasteiger partial charge on any atom is -0.506 e. The van der Waals surface area contributed by atoms with Crippen LogP contribution < -0.4 is 10.5 Å². The van der Waals surface area contributed by atoms with Crippen LogP contribution in [0.2, 0.25) is 10.0 Å². The van der Waals surface area contributed by atoms with E-state index in [9.17, 15) is 4.79 Å². The number of aromatic hydroxyl groups is 1. The molecule has 122 valence electrons. The van der Waals surface area contributed by atoms with Crippen molar-refractivity contribution in [3.63, 3.8) is 0 Å². The molecule has 0 amide bonds. The van der Waals surface area contributed by atoms with Crippen molar-refractivity contribution in [2.75, 3.05) is 5.73 Å². The van der Waals surface area contributed by atoms with E-state index in [1.807, 2.05) is 6.07 Å². The number of hydrogen-bond acceptors (Lipinski definition) is 4. The molecule has 0 spiro atoms. The predicted octanol–water partition coefficient (Wildman–Crippen LogP) is 4.25. The Balaban J connectivity index is 0.000000185. The quantitative estimate of drug-likeness (QED) is 0.548. The molecule has 0 aromatic heterocycles. The highest BCUT2D eigenvalue weighted by molar-refractivity contribution is 6.31. The molecule has 0 saturated carbocycles. The summed E-state index contributed by atoms with van der Waals surface area (Å²) in [6.45, 7) is 3.57. The Morgan fingerprint density at radius 1 is 1.13 bits per heavy atom. The van der Waals surface area contributed by atoms with Gasteiger partial charge in [0.2, 0.25) is 0 Å². The molecule has 1 aliphatic heterocycles. The topological polar surface area (TPSA) is 72.5 Å². The number of halogens is 2. The van der Waals surface area contributed by atoms with Gasteiger partial charge in [0.1, 0.15) is 11.5 Å². The van der Waals surface area contributed by atoms with E-state index in [0.717, 1.165) is 11.3 Å². The minimum atomic E-state index is -0.708. The van der Waals surface area contributed by atoms with Gasteiger partial charge in [0.05, 0.1) is 5.69 Å². The zero-order valence-electron chi connectivity index (χ0n) is 12.8. The predicted molar refractivity (Wildman–Crippen MR) is 92.4 cm³/mol. The Morgan fingerprint density at radius 3 is 2.35 bits per heavy atom. The molecule has 1 heterocycles. The van der Waals surface area contributed by atoms with E-state index in [-0.39, 0.29) is 11.5 Å². The van der Waals surface area contributed by atoms with Gasteiger partial charge in [0.25, 0.3) is 0 Å². The molecule has 6 heteroatoms. The number of Topliss-reactive ketones (excluding diaryl/α,β-unsaturated/α-hetero) is 1. The molecule has 1 aliphatic rings. The van der Waals surface area contributed by atoms with E-state index in [2.05, 4.69) is 0 Å². The third-order valence-electron chi connectivity index (χ3n) is 3.40. The maximum absolute atomic E-state index is 11.6. The number of carbonyl (C=O) groups excluding carboxylic acids is 1. The molecule has 0 radical (unpaired) electrons. The summed E-state index contributed by atoms with van der Waals surface area (Å²) >= 11 is 11.4. The van der Waals surface area contributed by atoms with Crippen molar-refractivity contribution in [1.29, 1.82) is 0 Å². The Kier molecular flexibility index (Phi) is 5.07. The normalized spacial score (nSPS) is 15.0. The van der Waals surface area contributed by atoms with Gasteiger partial charge >= 0.3 is 0 Å². The van der Waals surface area contributed by atoms with Crippen molar-refractivity contribution in [3.8, 4) is 11.5 Å². The Morgan fingerprint density at radius 2 is 1.74 bits per heavy atom. The van der Waals surface area contributed by atoms with E-state index in [0.29, 0.717) is 22.2 Å². The Labute approximate surface area is 144 Å². The van der Waals surface area contributed by atoms with Gasteiger partial charge in [-0.1, -0.05) is 23.2 Å². The lowest BCUT2D eigenvalue weighted by Crippen LogP contribution is -2.42. The minimum absolute atomic E-state index is 0.0689. The second-order valence-electron chi connectivity index (χ2n) is 5.67. The number of nitrogens with two attached hydrogens (primary N) is 1. The highest BCUT2D eigenvalue weighted by Gasteiger charge is 2.34. The molecular weight excluding hydrogens is 337 g/mol. The third kappa shape index (κ3) is 4.30. The van der Waals surface area contributed by atoms with Crippen LogP contribution in [0.3, 0.4) is 0 Å². The number of ether oxygens (including phenoxy) is 1. The lowest BCUT2D eigenvalue weighted by molar-refractivity contribution is -0.132. The summed E-state index contributed by atoms with van der Waals surface area (Å²) in [6.07, 6.45) is 0.406. The van der Waals surface area contributed by atoms with Crippen LogP contribution in [0, 0.1) is 0 Å². The fourth-order valence-corrected chi connectivity index (χ4v) is 2.40. The van der Waals surface area contributed by atoms with Crippen LogP contribution in [0.5, 0.6) is 11.5 Å². The highest BCUT2D eigenvalue weighted by atomic mass is 35.5. The second kappa shape index (κ2) is 6.69. The first-order valence-corrected chi connectivity index (χ1v) is 7.69. The standard InChI is InChI=1S/C11H11ClO2.C6H6ClNO/c1-11(2)10(13)6-7-5-8(12)3-4-9(7)14-11;7-4-1-2-6(9)5(8)3-4/h3-5H,6H2,1-2H3;1-3,9H,8H2. The maximum atomic E-state index is 11.6. The fraction of sp³-hybridized carbons (Fsp3) is 0.235. The van der Waals surface area contributed by atoms with Crippen LogP contribution in [0.4, 0.5) is 5.69 Å². The first-order valence-electron chi connectivity index (χ1n) is 6.94. The molecule has 0 aliphatic carbocycles. The SMILES string of the molecule is CC1(C)Oc2ccc(Cl)cc2CC1=O.Nc1cc(Cl)ccc1O. The summed E-state index contributed by atoms with van der Waals surface area (Å²) in [5, 5.41) is 10.0. The number of anilines is 1. The smallest absolute Gasteiger partial charge is 0.180 e. The van der Waals surface area contributed by atoms with Crippen LogP contribution >= 0.6 is 23.2 Å². The molecular formula is C17H17Cl2NO3. The number of benzene rings is 2. The van der Waals surface area contributed by atoms with Gasteiger partial charge in [0, 0.05) is 22.0 Å². The van der Waals surface area contributed by atoms with Gasteiger partial charge in [-0.3, -0.25) is 4.79 Å². The van der Waals surface area contributed by atoms with Crippen molar-refractivity contribution >= 4 is 34.7 Å². The summed E-state index contributed by atoms with van der Waals surface area (Å²) in [5.41, 5.74) is 5.76. The van der Waals surface area contributed by atoms with Gasteiger partial charge in [-0.2, -0.15) is 0 Å². The molecule has 3 rings (SSSR count). The number of carbonyl (C=O) groups is 1. The van der Waals surface area contributed by atoms with Crippen molar-refractivity contribution in [1.82, 2.24) is 0 Å². The van der Waals surface area contributed by atoms with Crippen molar-refractivity contribution in [3.05, 3.63) is 52.0 Å². The van der Waals surface area contributed by atoms with Crippen LogP contribution in [0.25, 0.3) is 0 Å². The lowest BCUT2D eigenvalue weighted by atomic mass is 9.93. The maximum Gasteiger partial charge on any atom is 0.180 e. The third-order valence-corrected chi connectivity index (χ3v) is 3.87. The van der Waals surface area contributed by atoms with Crippen molar-refractivity contribution in [2.45, 2.75) is 25.9 Å². The number of fused-ring (bicyclic) bond motifs is 1. The molecule has 23 heavy (non-hydrogen) atoms. The monoisotopic (exact) mass is 353 g/mol. The molecule has 2 aromatic carbocycles. The van der Waals surface area contributed by atoms with E-state index < -0.39 is 5.60 Å². The van der Waals surface area contributed by atoms with Crippen molar-refractivity contribution in [2.24, 2.45) is 0 Å². The number of rotatable bonds is 0. The first-order chi connectivity index (χ1) is 10.7. The number of nitrogen functional groups attached to an aromatic ring is 1. The van der Waals surface area contributed by atoms with E-state index in [1.165, 1.54) is 12.1 Å². The summed E-state index contributed by atoms with van der Waals surface area (Å²) in [5.74, 6) is 0.922. The van der Waals surface area contributed by atoms with Gasteiger partial charge in [-0.15, -0.1) is 0 Å². The molecule has 0 saturated heterocycles. The van der Waals surface area contributed by atoms with Gasteiger partial charge in [0.15, 0.2) is 11.4 Å². The van der Waals surface area contributed by atoms with E-state index in [1.54, 1.807) is 32.0 Å². The van der Waals surface area contributed by atoms with Crippen LogP contribution in [-0.2, 0) is 11.2 Å². The van der Waals surface area contributed by atoms with Gasteiger partial charge in [-0.05, 0) is 50.2 Å². The molecule has 0 unspecified atom stereocenters. The summed E-state index contributed by atoms with van der Waals surface area (Å²) < 4.78 is 5.58. The molecule has 0 atom stereocenters. The van der Waals surface area contributed by atoms with Gasteiger partial charge in [-0.25, -0.2) is 0 Å². The van der Waals surface area contributed by atoms with Crippen LogP contribution in [0.15, 0.2) is 36.4 Å². The number of hydrogen-bond donors (Lipinski definition) is 2. The number of phenols is 1. The Bertz CT molecular complexity index is 745. The van der Waals surface area contributed by atoms with Crippen LogP contribution in [-0.4, -0.2) is 16.5 Å². The molecule has 3 N–H and O–H groups in total. The summed E-state index contributed by atoms with van der Waals surface area (Å²) in [7, 11) is 0. The molecule has 0 fully saturated rings. The Hall–Kier alpha value is -1.91. The summed E-state index contributed by atoms with van der Waals surface area (Å²) in [6, 6.07) is 9.89. The zero-order valence-corrected chi connectivity index (χ0v) is 14.3. The zero-order chi connectivity index (χ0) is 17.2. The fourth-order valence-electron chi connectivity index (χ4n) is 2.03. The number of ketones is 1. The van der Waals surface area contributed by atoms with E-state index in [4.69, 9.17) is 38.8 Å². The number of phenolic OH excluding ortho intramolecular Hbond substituents is 1. The van der Waals surface area contributed by atoms with Gasteiger partial charge < -0.3 is 15.6 Å². The molecule has 4 nitrogen and oxygen atoms in total. The molecule has 2 aromatic rings. The second-order valence-corrected chi connectivity index (χ2v) is 6.54. The highest BCUT2D eigenvalue weighted by Crippen LogP contribution is 2.32. The average molecular weight is 354 g/mol. The summed E-state index contributed by atoms with van der Waals surface area (Å²) in [4.78, 5) is 11.6. The first kappa shape index (κ1) is 17.4. The van der Waals surface area contributed by atoms with E-state index >= 15 is 0 Å². The van der Waals surface area contributed by atoms with Crippen molar-refractivity contribution < 1.29 is 14.6 Å². The largest absolute Gasteiger partial charge is 0.506 e. The average Bonchev–Trinajstić information content (AvgIpc) is 2.46. The van der Waals surface area contributed by atoms with Crippen LogP contribution in [0.1, 0.15) is 19.4 Å². The molecule has 0 bridgehead atoms.